The summed E-state index contributed by atoms with van der Waals surface area (Å²) >= 11 is 0. The van der Waals surface area contributed by atoms with Gasteiger partial charge in [0.1, 0.15) is 5.69 Å². The van der Waals surface area contributed by atoms with Gasteiger partial charge in [-0.1, -0.05) is 0 Å². The first-order chi connectivity index (χ1) is 11.4. The van der Waals surface area contributed by atoms with Gasteiger partial charge in [-0.3, -0.25) is 19.7 Å². The number of carbonyl (C=O) groups is 2. The number of nitrogens with one attached hydrogen (secondary N) is 3. The minimum absolute atomic E-state index is 0.173. The predicted molar refractivity (Wildman–Crippen MR) is 91.3 cm³/mol. The van der Waals surface area contributed by atoms with E-state index in [9.17, 15) is 19.7 Å². The van der Waals surface area contributed by atoms with Crippen molar-refractivity contribution in [3.8, 4) is 0 Å². The molecule has 2 amide bonds. The van der Waals surface area contributed by atoms with E-state index in [4.69, 9.17) is 0 Å². The lowest BCUT2D eigenvalue weighted by Crippen LogP contribution is -2.12. The number of hydrogen-bond acceptors (Lipinski definition) is 5. The summed E-state index contributed by atoms with van der Waals surface area (Å²) in [6, 6.07) is 10.7. The maximum atomic E-state index is 12.2. The largest absolute Gasteiger partial charge is 0.383 e. The van der Waals surface area contributed by atoms with Crippen molar-refractivity contribution in [1.29, 1.82) is 0 Å². The first kappa shape index (κ1) is 16.9. The number of amides is 2. The molecule has 0 saturated carbocycles. The van der Waals surface area contributed by atoms with E-state index in [1.54, 1.807) is 31.3 Å². The topological polar surface area (TPSA) is 113 Å². The second-order valence-electron chi connectivity index (χ2n) is 4.95. The Balaban J connectivity index is 2.16. The number of nitro benzene ring substituents is 1. The van der Waals surface area contributed by atoms with Crippen LogP contribution in [0.5, 0.6) is 0 Å². The zero-order chi connectivity index (χ0) is 17.7. The van der Waals surface area contributed by atoms with Crippen LogP contribution in [-0.2, 0) is 4.79 Å². The smallest absolute Gasteiger partial charge is 0.293 e. The van der Waals surface area contributed by atoms with Crippen LogP contribution in [0.3, 0.4) is 0 Å². The Morgan fingerprint density at radius 2 is 1.58 bits per heavy atom. The molecule has 0 aliphatic rings. The molecule has 0 bridgehead atoms. The molecule has 124 valence electrons. The second kappa shape index (κ2) is 7.23. The molecule has 2 aromatic carbocycles. The highest BCUT2D eigenvalue weighted by Crippen LogP contribution is 2.25. The van der Waals surface area contributed by atoms with E-state index in [0.717, 1.165) is 0 Å². The van der Waals surface area contributed by atoms with Crippen LogP contribution in [0.1, 0.15) is 17.3 Å². The lowest BCUT2D eigenvalue weighted by atomic mass is 10.1. The monoisotopic (exact) mass is 328 g/mol. The summed E-state index contributed by atoms with van der Waals surface area (Å²) in [5.41, 5.74) is 1.44. The van der Waals surface area contributed by atoms with Crippen LogP contribution in [-0.4, -0.2) is 23.8 Å². The van der Waals surface area contributed by atoms with Gasteiger partial charge in [0.2, 0.25) is 5.91 Å². The zero-order valence-corrected chi connectivity index (χ0v) is 13.1. The van der Waals surface area contributed by atoms with Gasteiger partial charge in [0.05, 0.1) is 4.92 Å². The molecule has 8 heteroatoms. The van der Waals surface area contributed by atoms with Crippen molar-refractivity contribution >= 4 is 34.6 Å². The van der Waals surface area contributed by atoms with Gasteiger partial charge in [0, 0.05) is 37.0 Å². The van der Waals surface area contributed by atoms with Crippen LogP contribution in [0, 0.1) is 10.1 Å². The van der Waals surface area contributed by atoms with Gasteiger partial charge < -0.3 is 16.0 Å². The lowest BCUT2D eigenvalue weighted by molar-refractivity contribution is -0.384. The minimum Gasteiger partial charge on any atom is -0.383 e. The van der Waals surface area contributed by atoms with Crippen molar-refractivity contribution in [3.63, 3.8) is 0 Å². The summed E-state index contributed by atoms with van der Waals surface area (Å²) < 4.78 is 0. The average molecular weight is 328 g/mol. The molecule has 8 nitrogen and oxygen atoms in total. The van der Waals surface area contributed by atoms with Gasteiger partial charge in [-0.2, -0.15) is 0 Å². The third kappa shape index (κ3) is 4.07. The van der Waals surface area contributed by atoms with Gasteiger partial charge >= 0.3 is 0 Å². The van der Waals surface area contributed by atoms with Gasteiger partial charge in [0.15, 0.2) is 0 Å². The van der Waals surface area contributed by atoms with Crippen LogP contribution in [0.25, 0.3) is 0 Å². The van der Waals surface area contributed by atoms with E-state index < -0.39 is 10.8 Å². The number of nitrogens with zero attached hydrogens (tertiary/aromatic N) is 1. The SMILES string of the molecule is CNc1ccc(C(=O)Nc2ccc(NC(C)=O)cc2)cc1[N+](=O)[O-]. The van der Waals surface area contributed by atoms with E-state index in [-0.39, 0.29) is 17.2 Å². The second-order valence-corrected chi connectivity index (χ2v) is 4.95. The Morgan fingerprint density at radius 1 is 1.00 bits per heavy atom. The van der Waals surface area contributed by atoms with Crippen LogP contribution in [0.4, 0.5) is 22.7 Å². The van der Waals surface area contributed by atoms with Gasteiger partial charge in [-0.05, 0) is 36.4 Å². The standard InChI is InChI=1S/C16H16N4O4/c1-10(21)18-12-4-6-13(7-5-12)19-16(22)11-3-8-14(17-2)15(9-11)20(23)24/h3-9,17H,1-2H3,(H,18,21)(H,19,22). The summed E-state index contributed by atoms with van der Waals surface area (Å²) in [7, 11) is 1.57. The fraction of sp³-hybridized carbons (Fsp3) is 0.125. The molecule has 0 aliphatic carbocycles. The molecule has 24 heavy (non-hydrogen) atoms. The van der Waals surface area contributed by atoms with Crippen LogP contribution in [0.2, 0.25) is 0 Å². The first-order valence-electron chi connectivity index (χ1n) is 7.06. The Kier molecular flexibility index (Phi) is 5.10. The normalized spacial score (nSPS) is 9.92. The molecule has 0 spiro atoms. The molecule has 2 aromatic rings. The van der Waals surface area contributed by atoms with Crippen molar-refractivity contribution in [3.05, 3.63) is 58.1 Å². The minimum atomic E-state index is -0.551. The first-order valence-corrected chi connectivity index (χ1v) is 7.06. The average Bonchev–Trinajstić information content (AvgIpc) is 2.55. The molecular weight excluding hydrogens is 312 g/mol. The van der Waals surface area contributed by atoms with Crippen molar-refractivity contribution < 1.29 is 14.5 Å². The third-order valence-electron chi connectivity index (χ3n) is 3.19. The summed E-state index contributed by atoms with van der Waals surface area (Å²) in [6.07, 6.45) is 0. The zero-order valence-electron chi connectivity index (χ0n) is 13.1. The van der Waals surface area contributed by atoms with Crippen molar-refractivity contribution in [1.82, 2.24) is 0 Å². The number of hydrogen-bond donors (Lipinski definition) is 3. The number of benzene rings is 2. The highest BCUT2D eigenvalue weighted by Gasteiger charge is 2.16. The van der Waals surface area contributed by atoms with E-state index in [1.807, 2.05) is 0 Å². The molecule has 2 rings (SSSR count). The van der Waals surface area contributed by atoms with E-state index in [1.165, 1.54) is 25.1 Å². The number of anilines is 3. The maximum absolute atomic E-state index is 12.2. The van der Waals surface area contributed by atoms with Crippen molar-refractivity contribution in [2.24, 2.45) is 0 Å². The van der Waals surface area contributed by atoms with Gasteiger partial charge in [-0.15, -0.1) is 0 Å². The van der Waals surface area contributed by atoms with Gasteiger partial charge in [-0.25, -0.2) is 0 Å². The Hall–Kier alpha value is -3.42. The van der Waals surface area contributed by atoms with E-state index in [2.05, 4.69) is 16.0 Å². The maximum Gasteiger partial charge on any atom is 0.293 e. The predicted octanol–water partition coefficient (Wildman–Crippen LogP) is 2.85. The molecule has 0 radical (unpaired) electrons. The van der Waals surface area contributed by atoms with Crippen LogP contribution in [0.15, 0.2) is 42.5 Å². The summed E-state index contributed by atoms with van der Waals surface area (Å²) in [5, 5.41) is 19.0. The molecule has 0 saturated heterocycles. The Labute approximate surface area is 138 Å². The summed E-state index contributed by atoms with van der Waals surface area (Å²) in [4.78, 5) is 33.7. The Bertz CT molecular complexity index is 787. The molecule has 0 fully saturated rings. The van der Waals surface area contributed by atoms with Crippen molar-refractivity contribution in [2.75, 3.05) is 23.0 Å². The highest BCUT2D eigenvalue weighted by atomic mass is 16.6. The molecule has 0 heterocycles. The van der Waals surface area contributed by atoms with E-state index in [0.29, 0.717) is 17.1 Å². The number of nitro groups is 1. The molecule has 0 unspecified atom stereocenters. The summed E-state index contributed by atoms with van der Waals surface area (Å²) in [5.74, 6) is -0.656. The molecule has 3 N–H and O–H groups in total. The fourth-order valence-electron chi connectivity index (χ4n) is 2.08. The summed E-state index contributed by atoms with van der Waals surface area (Å²) in [6.45, 7) is 1.40. The molecule has 0 atom stereocenters. The fourth-order valence-corrected chi connectivity index (χ4v) is 2.08. The molecule has 0 aliphatic heterocycles. The van der Waals surface area contributed by atoms with Crippen LogP contribution < -0.4 is 16.0 Å². The number of rotatable bonds is 5. The highest BCUT2D eigenvalue weighted by molar-refractivity contribution is 6.05. The van der Waals surface area contributed by atoms with Crippen molar-refractivity contribution in [2.45, 2.75) is 6.92 Å². The molecule has 0 aromatic heterocycles. The van der Waals surface area contributed by atoms with E-state index >= 15 is 0 Å². The quantitative estimate of drug-likeness (QED) is 0.577. The Morgan fingerprint density at radius 3 is 2.08 bits per heavy atom. The molecular formula is C16H16N4O4. The lowest BCUT2D eigenvalue weighted by Gasteiger charge is -2.08. The van der Waals surface area contributed by atoms with Crippen LogP contribution >= 0.6 is 0 Å². The third-order valence-corrected chi connectivity index (χ3v) is 3.19. The number of carbonyl (C=O) groups excluding carboxylic acids is 2. The van der Waals surface area contributed by atoms with Gasteiger partial charge in [0.25, 0.3) is 11.6 Å².